The molecular formula is C15H17NO3. The molecule has 2 atom stereocenters. The number of carbonyl (C=O) groups is 3. The molecule has 0 spiro atoms. The first-order chi connectivity index (χ1) is 9.06. The van der Waals surface area contributed by atoms with Crippen LogP contribution in [0.25, 0.3) is 0 Å². The number of carbonyl (C=O) groups excluding carboxylic acids is 3. The van der Waals surface area contributed by atoms with Crippen LogP contribution in [-0.2, 0) is 14.4 Å². The van der Waals surface area contributed by atoms with Crippen molar-refractivity contribution in [3.8, 4) is 0 Å². The van der Waals surface area contributed by atoms with Gasteiger partial charge < -0.3 is 4.79 Å². The first-order valence-electron chi connectivity index (χ1n) is 6.43. The first kappa shape index (κ1) is 13.5. The third-order valence-corrected chi connectivity index (χ3v) is 3.59. The lowest BCUT2D eigenvalue weighted by Crippen LogP contribution is -2.33. The Kier molecular flexibility index (Phi) is 3.79. The van der Waals surface area contributed by atoms with E-state index in [1.165, 1.54) is 4.90 Å². The van der Waals surface area contributed by atoms with E-state index in [2.05, 4.69) is 0 Å². The van der Waals surface area contributed by atoms with Gasteiger partial charge in [0.15, 0.2) is 0 Å². The van der Waals surface area contributed by atoms with Crippen LogP contribution in [0.15, 0.2) is 30.3 Å². The second-order valence-electron chi connectivity index (χ2n) is 5.17. The van der Waals surface area contributed by atoms with E-state index in [4.69, 9.17) is 0 Å². The van der Waals surface area contributed by atoms with Crippen molar-refractivity contribution in [2.24, 2.45) is 17.8 Å². The second kappa shape index (κ2) is 5.34. The number of hydrogen-bond donors (Lipinski definition) is 0. The van der Waals surface area contributed by atoms with Crippen LogP contribution in [0, 0.1) is 17.8 Å². The molecule has 2 rings (SSSR count). The fraction of sp³-hybridized carbons (Fsp3) is 0.400. The largest absolute Gasteiger partial charge is 0.303 e. The maximum Gasteiger partial charge on any atom is 0.238 e. The van der Waals surface area contributed by atoms with E-state index in [1.54, 1.807) is 24.3 Å². The van der Waals surface area contributed by atoms with Gasteiger partial charge in [0.25, 0.3) is 0 Å². The van der Waals surface area contributed by atoms with E-state index < -0.39 is 11.8 Å². The van der Waals surface area contributed by atoms with Crippen molar-refractivity contribution < 1.29 is 14.4 Å². The number of aldehydes is 1. The molecule has 1 heterocycles. The van der Waals surface area contributed by atoms with Gasteiger partial charge in [-0.1, -0.05) is 32.0 Å². The maximum atomic E-state index is 12.4. The average molecular weight is 259 g/mol. The number of imide groups is 1. The van der Waals surface area contributed by atoms with Gasteiger partial charge in [-0.25, -0.2) is 0 Å². The van der Waals surface area contributed by atoms with E-state index in [0.29, 0.717) is 5.69 Å². The monoisotopic (exact) mass is 259 g/mol. The van der Waals surface area contributed by atoms with Crippen LogP contribution in [0.3, 0.4) is 0 Å². The molecule has 0 unspecified atom stereocenters. The molecule has 0 aromatic heterocycles. The molecule has 1 fully saturated rings. The molecule has 1 saturated heterocycles. The highest BCUT2D eigenvalue weighted by Crippen LogP contribution is 2.33. The zero-order valence-corrected chi connectivity index (χ0v) is 11.1. The van der Waals surface area contributed by atoms with Crippen LogP contribution >= 0.6 is 0 Å². The SMILES string of the molecule is CC(C)[C@@H](C=O)[C@@H]1CC(=O)N(c2ccccc2)C1=O. The van der Waals surface area contributed by atoms with E-state index in [9.17, 15) is 14.4 Å². The van der Waals surface area contributed by atoms with Crippen LogP contribution in [-0.4, -0.2) is 18.1 Å². The molecule has 0 saturated carbocycles. The van der Waals surface area contributed by atoms with Gasteiger partial charge in [-0.3, -0.25) is 14.5 Å². The Bertz CT molecular complexity index is 495. The zero-order valence-electron chi connectivity index (χ0n) is 11.1. The minimum Gasteiger partial charge on any atom is -0.303 e. The van der Waals surface area contributed by atoms with Gasteiger partial charge in [-0.2, -0.15) is 0 Å². The lowest BCUT2D eigenvalue weighted by Gasteiger charge is -2.20. The number of anilines is 1. The van der Waals surface area contributed by atoms with Gasteiger partial charge in [-0.05, 0) is 18.1 Å². The molecule has 19 heavy (non-hydrogen) atoms. The van der Waals surface area contributed by atoms with Gasteiger partial charge >= 0.3 is 0 Å². The summed E-state index contributed by atoms with van der Waals surface area (Å²) in [5.41, 5.74) is 0.577. The Labute approximate surface area is 112 Å². The third-order valence-electron chi connectivity index (χ3n) is 3.59. The van der Waals surface area contributed by atoms with Crippen molar-refractivity contribution in [2.45, 2.75) is 20.3 Å². The Morgan fingerprint density at radius 2 is 1.84 bits per heavy atom. The summed E-state index contributed by atoms with van der Waals surface area (Å²) < 4.78 is 0. The Morgan fingerprint density at radius 1 is 1.21 bits per heavy atom. The molecule has 0 bridgehead atoms. The summed E-state index contributed by atoms with van der Waals surface area (Å²) in [5.74, 6) is -1.36. The van der Waals surface area contributed by atoms with E-state index in [-0.39, 0.29) is 24.2 Å². The second-order valence-corrected chi connectivity index (χ2v) is 5.17. The fourth-order valence-corrected chi connectivity index (χ4v) is 2.52. The average Bonchev–Trinajstić information content (AvgIpc) is 2.67. The van der Waals surface area contributed by atoms with Crippen molar-refractivity contribution >= 4 is 23.8 Å². The summed E-state index contributed by atoms with van der Waals surface area (Å²) in [6.45, 7) is 3.78. The molecule has 0 N–H and O–H groups in total. The minimum absolute atomic E-state index is 0.0509. The summed E-state index contributed by atoms with van der Waals surface area (Å²) in [4.78, 5) is 36.7. The highest BCUT2D eigenvalue weighted by Gasteiger charge is 2.44. The highest BCUT2D eigenvalue weighted by molar-refractivity contribution is 6.21. The zero-order chi connectivity index (χ0) is 14.0. The predicted molar refractivity (Wildman–Crippen MR) is 71.4 cm³/mol. The fourth-order valence-electron chi connectivity index (χ4n) is 2.52. The van der Waals surface area contributed by atoms with Gasteiger partial charge in [0.1, 0.15) is 6.29 Å². The van der Waals surface area contributed by atoms with Gasteiger partial charge in [0.05, 0.1) is 11.6 Å². The number of para-hydroxylation sites is 1. The summed E-state index contributed by atoms with van der Waals surface area (Å²) in [6, 6.07) is 8.84. The maximum absolute atomic E-state index is 12.4. The Morgan fingerprint density at radius 3 is 2.37 bits per heavy atom. The molecular weight excluding hydrogens is 242 g/mol. The molecule has 4 nitrogen and oxygen atoms in total. The van der Waals surface area contributed by atoms with Gasteiger partial charge in [0, 0.05) is 12.3 Å². The molecule has 100 valence electrons. The molecule has 0 radical (unpaired) electrons. The predicted octanol–water partition coefficient (Wildman–Crippen LogP) is 2.04. The van der Waals surface area contributed by atoms with Gasteiger partial charge in [0.2, 0.25) is 11.8 Å². The van der Waals surface area contributed by atoms with E-state index in [1.807, 2.05) is 19.9 Å². The van der Waals surface area contributed by atoms with E-state index in [0.717, 1.165) is 6.29 Å². The summed E-state index contributed by atoms with van der Waals surface area (Å²) in [5, 5.41) is 0. The van der Waals surface area contributed by atoms with E-state index >= 15 is 0 Å². The molecule has 1 aromatic rings. The number of benzene rings is 1. The molecule has 1 aliphatic heterocycles. The number of rotatable bonds is 4. The van der Waals surface area contributed by atoms with Crippen LogP contribution < -0.4 is 4.90 Å². The summed E-state index contributed by atoms with van der Waals surface area (Å²) in [6.07, 6.45) is 0.921. The van der Waals surface area contributed by atoms with Crippen LogP contribution in [0.2, 0.25) is 0 Å². The number of hydrogen-bond acceptors (Lipinski definition) is 3. The van der Waals surface area contributed by atoms with Crippen molar-refractivity contribution in [2.75, 3.05) is 4.90 Å². The lowest BCUT2D eigenvalue weighted by atomic mass is 9.83. The minimum atomic E-state index is -0.523. The molecule has 4 heteroatoms. The molecule has 1 aromatic carbocycles. The topological polar surface area (TPSA) is 54.5 Å². The summed E-state index contributed by atoms with van der Waals surface area (Å²) >= 11 is 0. The first-order valence-corrected chi connectivity index (χ1v) is 6.43. The highest BCUT2D eigenvalue weighted by atomic mass is 16.2. The van der Waals surface area contributed by atoms with Gasteiger partial charge in [-0.15, -0.1) is 0 Å². The molecule has 1 aliphatic rings. The normalized spacial score (nSPS) is 21.0. The lowest BCUT2D eigenvalue weighted by molar-refractivity contribution is -0.126. The summed E-state index contributed by atoms with van der Waals surface area (Å²) in [7, 11) is 0. The van der Waals surface area contributed by atoms with Crippen molar-refractivity contribution in [1.29, 1.82) is 0 Å². The third kappa shape index (κ3) is 2.43. The van der Waals surface area contributed by atoms with Crippen LogP contribution in [0.4, 0.5) is 5.69 Å². The molecule has 2 amide bonds. The van der Waals surface area contributed by atoms with Crippen LogP contribution in [0.1, 0.15) is 20.3 Å². The standard InChI is InChI=1S/C15H17NO3/c1-10(2)13(9-17)12-8-14(18)16(15(12)19)11-6-4-3-5-7-11/h3-7,9-10,12-13H,8H2,1-2H3/t12-,13+/m0/s1. The Hall–Kier alpha value is -1.97. The smallest absolute Gasteiger partial charge is 0.238 e. The number of nitrogens with zero attached hydrogens (tertiary/aromatic N) is 1. The quantitative estimate of drug-likeness (QED) is 0.614. The van der Waals surface area contributed by atoms with Crippen molar-refractivity contribution in [1.82, 2.24) is 0 Å². The molecule has 0 aliphatic carbocycles. The van der Waals surface area contributed by atoms with Crippen molar-refractivity contribution in [3.05, 3.63) is 30.3 Å². The van der Waals surface area contributed by atoms with Crippen LogP contribution in [0.5, 0.6) is 0 Å². The number of amides is 2. The van der Waals surface area contributed by atoms with Crippen molar-refractivity contribution in [3.63, 3.8) is 0 Å². The Balaban J connectivity index is 2.29.